The third-order valence-electron chi connectivity index (χ3n) is 3.48. The quantitative estimate of drug-likeness (QED) is 0.683. The maximum atomic E-state index is 13.1. The molecule has 0 aliphatic carbocycles. The van der Waals surface area contributed by atoms with E-state index >= 15 is 0 Å². The molecular weight excluding hydrogens is 337 g/mol. The summed E-state index contributed by atoms with van der Waals surface area (Å²) in [5, 5.41) is 3.74. The number of nitrogens with zero attached hydrogens (tertiary/aromatic N) is 2. The second kappa shape index (κ2) is 6.24. The molecule has 0 radical (unpaired) electrons. The maximum Gasteiger partial charge on any atom is 0.435 e. The Morgan fingerprint density at radius 2 is 1.62 bits per heavy atom. The van der Waals surface area contributed by atoms with E-state index in [-0.39, 0.29) is 0 Å². The minimum absolute atomic E-state index is 0.344. The van der Waals surface area contributed by atoms with Crippen molar-refractivity contribution in [2.75, 3.05) is 7.11 Å². The van der Waals surface area contributed by atoms with E-state index in [2.05, 4.69) is 17.7 Å². The van der Waals surface area contributed by atoms with Crippen LogP contribution < -0.4 is 4.74 Å². The van der Waals surface area contributed by atoms with Crippen LogP contribution in [-0.4, -0.2) is 16.9 Å². The lowest BCUT2D eigenvalue weighted by atomic mass is 10.1. The average Bonchev–Trinajstić information content (AvgIpc) is 3.01. The molecular formula is C17H13F3N2OS. The van der Waals surface area contributed by atoms with Gasteiger partial charge in [-0.1, -0.05) is 0 Å². The Morgan fingerprint density at radius 3 is 2.17 bits per heavy atom. The predicted octanol–water partition coefficient (Wildman–Crippen LogP) is 4.86. The largest absolute Gasteiger partial charge is 0.497 e. The van der Waals surface area contributed by atoms with Crippen LogP contribution in [0.4, 0.5) is 13.2 Å². The van der Waals surface area contributed by atoms with Crippen molar-refractivity contribution in [3.05, 3.63) is 60.3 Å². The molecule has 0 spiro atoms. The SMILES string of the molecule is COc1ccc(-c2cc(C(F)(F)F)nn2-c2ccc(S)cc2)cc1. The normalized spacial score (nSPS) is 11.5. The summed E-state index contributed by atoms with van der Waals surface area (Å²) in [6.07, 6.45) is -4.52. The van der Waals surface area contributed by atoms with Crippen LogP contribution in [0.15, 0.2) is 59.5 Å². The van der Waals surface area contributed by atoms with E-state index in [0.717, 1.165) is 6.07 Å². The molecule has 0 amide bonds. The van der Waals surface area contributed by atoms with Gasteiger partial charge in [-0.15, -0.1) is 12.6 Å². The summed E-state index contributed by atoms with van der Waals surface area (Å²) < 4.78 is 45.6. The van der Waals surface area contributed by atoms with Gasteiger partial charge in [-0.2, -0.15) is 18.3 Å². The van der Waals surface area contributed by atoms with Crippen LogP contribution >= 0.6 is 12.6 Å². The molecule has 124 valence electrons. The molecule has 3 rings (SSSR count). The lowest BCUT2D eigenvalue weighted by Crippen LogP contribution is -2.07. The van der Waals surface area contributed by atoms with E-state index in [4.69, 9.17) is 4.74 Å². The summed E-state index contributed by atoms with van der Waals surface area (Å²) in [5.74, 6) is 0.625. The number of halogens is 3. The first kappa shape index (κ1) is 16.4. The van der Waals surface area contributed by atoms with Crippen LogP contribution in [-0.2, 0) is 6.18 Å². The Bertz CT molecular complexity index is 840. The van der Waals surface area contributed by atoms with E-state index < -0.39 is 11.9 Å². The highest BCUT2D eigenvalue weighted by Gasteiger charge is 2.35. The molecule has 0 aliphatic heterocycles. The van der Waals surface area contributed by atoms with Crippen LogP contribution in [0.25, 0.3) is 16.9 Å². The Hall–Kier alpha value is -2.41. The van der Waals surface area contributed by atoms with Crippen LogP contribution in [0, 0.1) is 0 Å². The highest BCUT2D eigenvalue weighted by atomic mass is 32.1. The Morgan fingerprint density at radius 1 is 1.00 bits per heavy atom. The lowest BCUT2D eigenvalue weighted by Gasteiger charge is -2.08. The molecule has 0 atom stereocenters. The number of alkyl halides is 3. The number of hydrogen-bond donors (Lipinski definition) is 1. The minimum Gasteiger partial charge on any atom is -0.497 e. The minimum atomic E-state index is -4.52. The van der Waals surface area contributed by atoms with Crippen molar-refractivity contribution in [2.45, 2.75) is 11.1 Å². The zero-order chi connectivity index (χ0) is 17.3. The van der Waals surface area contributed by atoms with Gasteiger partial charge in [0.15, 0.2) is 5.69 Å². The zero-order valence-corrected chi connectivity index (χ0v) is 13.5. The summed E-state index contributed by atoms with van der Waals surface area (Å²) in [7, 11) is 1.53. The molecule has 0 aliphatic rings. The van der Waals surface area contributed by atoms with Gasteiger partial charge in [0.1, 0.15) is 5.75 Å². The van der Waals surface area contributed by atoms with Crippen molar-refractivity contribution in [1.29, 1.82) is 0 Å². The average molecular weight is 350 g/mol. The molecule has 2 aromatic carbocycles. The van der Waals surface area contributed by atoms with Crippen LogP contribution in [0.5, 0.6) is 5.75 Å². The first-order valence-corrected chi connectivity index (χ1v) is 7.44. The summed E-state index contributed by atoms with van der Waals surface area (Å²) in [6.45, 7) is 0. The molecule has 0 saturated carbocycles. The molecule has 7 heteroatoms. The number of ether oxygens (including phenoxy) is 1. The van der Waals surface area contributed by atoms with Gasteiger partial charge in [0.05, 0.1) is 18.5 Å². The van der Waals surface area contributed by atoms with Crippen LogP contribution in [0.1, 0.15) is 5.69 Å². The van der Waals surface area contributed by atoms with Gasteiger partial charge in [0, 0.05) is 10.5 Å². The van der Waals surface area contributed by atoms with Crippen molar-refractivity contribution in [2.24, 2.45) is 0 Å². The molecule has 0 bridgehead atoms. The fraction of sp³-hybridized carbons (Fsp3) is 0.118. The molecule has 1 aromatic heterocycles. The van der Waals surface area contributed by atoms with E-state index in [1.165, 1.54) is 11.8 Å². The van der Waals surface area contributed by atoms with Crippen LogP contribution in [0.3, 0.4) is 0 Å². The number of benzene rings is 2. The second-order valence-corrected chi connectivity index (χ2v) is 5.59. The smallest absolute Gasteiger partial charge is 0.435 e. The summed E-state index contributed by atoms with van der Waals surface area (Å²) in [6, 6.07) is 14.5. The van der Waals surface area contributed by atoms with Gasteiger partial charge in [0.25, 0.3) is 0 Å². The van der Waals surface area contributed by atoms with Gasteiger partial charge in [-0.05, 0) is 54.6 Å². The van der Waals surface area contributed by atoms with Crippen LogP contribution in [0.2, 0.25) is 0 Å². The molecule has 0 saturated heterocycles. The number of methoxy groups -OCH3 is 1. The zero-order valence-electron chi connectivity index (χ0n) is 12.6. The van der Waals surface area contributed by atoms with Gasteiger partial charge >= 0.3 is 6.18 Å². The molecule has 3 aromatic rings. The standard InChI is InChI=1S/C17H13F3N2OS/c1-23-13-6-2-11(3-7-13)15-10-16(17(18,19)20)21-22(15)12-4-8-14(24)9-5-12/h2-10,24H,1H3. The number of hydrogen-bond acceptors (Lipinski definition) is 3. The fourth-order valence-electron chi connectivity index (χ4n) is 2.28. The van der Waals surface area contributed by atoms with Gasteiger partial charge < -0.3 is 4.74 Å². The summed E-state index contributed by atoms with van der Waals surface area (Å²) in [4.78, 5) is 0.716. The molecule has 24 heavy (non-hydrogen) atoms. The van der Waals surface area contributed by atoms with Gasteiger partial charge in [-0.3, -0.25) is 0 Å². The highest BCUT2D eigenvalue weighted by molar-refractivity contribution is 7.80. The lowest BCUT2D eigenvalue weighted by molar-refractivity contribution is -0.141. The Kier molecular flexibility index (Phi) is 4.28. The third-order valence-corrected chi connectivity index (χ3v) is 3.78. The first-order valence-electron chi connectivity index (χ1n) is 6.99. The summed E-state index contributed by atoms with van der Waals surface area (Å²) >= 11 is 4.19. The second-order valence-electron chi connectivity index (χ2n) is 5.07. The van der Waals surface area contributed by atoms with Crippen molar-refractivity contribution < 1.29 is 17.9 Å². The molecule has 1 heterocycles. The Balaban J connectivity index is 2.15. The number of thiol groups is 1. The van der Waals surface area contributed by atoms with Crippen molar-refractivity contribution >= 4 is 12.6 Å². The topological polar surface area (TPSA) is 27.1 Å². The van der Waals surface area contributed by atoms with Gasteiger partial charge in [-0.25, -0.2) is 4.68 Å². The van der Waals surface area contributed by atoms with E-state index in [1.54, 1.807) is 48.5 Å². The molecule has 3 nitrogen and oxygen atoms in total. The fourth-order valence-corrected chi connectivity index (χ4v) is 2.43. The summed E-state index contributed by atoms with van der Waals surface area (Å²) in [5.41, 5.74) is 0.531. The number of rotatable bonds is 3. The van der Waals surface area contributed by atoms with Crippen molar-refractivity contribution in [3.8, 4) is 22.7 Å². The third kappa shape index (κ3) is 3.26. The molecule has 0 unspecified atom stereocenters. The predicted molar refractivity (Wildman–Crippen MR) is 87.8 cm³/mol. The highest BCUT2D eigenvalue weighted by Crippen LogP contribution is 2.33. The van der Waals surface area contributed by atoms with Crippen molar-refractivity contribution in [3.63, 3.8) is 0 Å². The first-order chi connectivity index (χ1) is 11.4. The van der Waals surface area contributed by atoms with Gasteiger partial charge in [0.2, 0.25) is 0 Å². The van der Waals surface area contributed by atoms with E-state index in [9.17, 15) is 13.2 Å². The monoisotopic (exact) mass is 350 g/mol. The van der Waals surface area contributed by atoms with E-state index in [1.807, 2.05) is 0 Å². The number of aromatic nitrogens is 2. The molecule has 0 fully saturated rings. The molecule has 0 N–H and O–H groups in total. The maximum absolute atomic E-state index is 13.1. The van der Waals surface area contributed by atoms with E-state index in [0.29, 0.717) is 27.6 Å². The Labute approximate surface area is 142 Å². The van der Waals surface area contributed by atoms with Crippen molar-refractivity contribution in [1.82, 2.24) is 9.78 Å².